The molecule has 8 heteroatoms. The lowest BCUT2D eigenvalue weighted by molar-refractivity contribution is -0.312. The van der Waals surface area contributed by atoms with Gasteiger partial charge in [-0.1, -0.05) is 17.3 Å². The molecule has 3 rings (SSSR count). The van der Waals surface area contributed by atoms with E-state index in [1.165, 1.54) is 4.68 Å². The number of nitrogens with one attached hydrogen (secondary N) is 1. The number of aliphatic carboxylic acids is 1. The van der Waals surface area contributed by atoms with Crippen LogP contribution in [0.3, 0.4) is 0 Å². The van der Waals surface area contributed by atoms with Gasteiger partial charge in [-0.3, -0.25) is 9.59 Å². The number of hydrogen-bond donors (Lipinski definition) is 1. The van der Waals surface area contributed by atoms with E-state index in [0.29, 0.717) is 55.6 Å². The third-order valence-corrected chi connectivity index (χ3v) is 5.17. The molecule has 1 heterocycles. The summed E-state index contributed by atoms with van der Waals surface area (Å²) in [5.41, 5.74) is 0.357. The molecule has 2 aromatic rings. The summed E-state index contributed by atoms with van der Waals surface area (Å²) < 4.78 is 1.29. The zero-order valence-corrected chi connectivity index (χ0v) is 15.1. The molecular weight excluding hydrogens is 348 g/mol. The second-order valence-corrected chi connectivity index (χ2v) is 7.08. The Bertz CT molecular complexity index is 871. The first-order valence-corrected chi connectivity index (χ1v) is 9.34. The van der Waals surface area contributed by atoms with Gasteiger partial charge < -0.3 is 15.2 Å². The second-order valence-electron chi connectivity index (χ2n) is 7.08. The third kappa shape index (κ3) is 4.90. The summed E-state index contributed by atoms with van der Waals surface area (Å²) >= 11 is 0. The summed E-state index contributed by atoms with van der Waals surface area (Å²) in [6.45, 7) is 0.898. The Morgan fingerprint density at radius 3 is 2.67 bits per heavy atom. The highest BCUT2D eigenvalue weighted by molar-refractivity contribution is 5.76. The van der Waals surface area contributed by atoms with E-state index in [0.717, 1.165) is 12.8 Å². The monoisotopic (exact) mass is 371 g/mol. The van der Waals surface area contributed by atoms with E-state index < -0.39 is 5.97 Å². The first kappa shape index (κ1) is 19.0. The molecule has 0 radical (unpaired) electrons. The molecule has 0 bridgehead atoms. The van der Waals surface area contributed by atoms with Crippen molar-refractivity contribution in [2.24, 2.45) is 11.8 Å². The van der Waals surface area contributed by atoms with Gasteiger partial charge >= 0.3 is 0 Å². The first-order chi connectivity index (χ1) is 13.0. The molecular formula is C19H23N4O4-. The number of aryl methyl sites for hydroxylation is 1. The molecule has 0 spiro atoms. The van der Waals surface area contributed by atoms with E-state index in [9.17, 15) is 19.5 Å². The molecule has 1 aromatic carbocycles. The number of nitrogens with zero attached hydrogens (tertiary/aromatic N) is 3. The molecule has 0 saturated heterocycles. The van der Waals surface area contributed by atoms with Crippen LogP contribution in [0.15, 0.2) is 29.1 Å². The van der Waals surface area contributed by atoms with E-state index in [2.05, 4.69) is 15.6 Å². The van der Waals surface area contributed by atoms with E-state index in [4.69, 9.17) is 0 Å². The third-order valence-electron chi connectivity index (χ3n) is 5.17. The van der Waals surface area contributed by atoms with Crippen LogP contribution >= 0.6 is 0 Å². The van der Waals surface area contributed by atoms with Gasteiger partial charge in [-0.15, -0.1) is 5.10 Å². The Kier molecular flexibility index (Phi) is 6.16. The van der Waals surface area contributed by atoms with Crippen molar-refractivity contribution in [3.8, 4) is 0 Å². The van der Waals surface area contributed by atoms with Crippen molar-refractivity contribution in [2.75, 3.05) is 6.54 Å². The Balaban J connectivity index is 1.41. The lowest BCUT2D eigenvalue weighted by atomic mass is 9.82. The SMILES string of the molecule is O=C(CCCn1nnc2ccccc2c1=O)NCC1CCC(C(=O)[O-])CC1. The van der Waals surface area contributed by atoms with Crippen molar-refractivity contribution in [1.82, 2.24) is 20.3 Å². The van der Waals surface area contributed by atoms with Crippen molar-refractivity contribution in [2.45, 2.75) is 45.1 Å². The number of aromatic nitrogens is 3. The maximum atomic E-state index is 12.3. The van der Waals surface area contributed by atoms with Crippen molar-refractivity contribution < 1.29 is 14.7 Å². The quantitative estimate of drug-likeness (QED) is 0.745. The minimum absolute atomic E-state index is 0.0705. The number of fused-ring (bicyclic) bond motifs is 1. The number of carboxylic acid groups (broad SMARTS) is 1. The van der Waals surface area contributed by atoms with E-state index in [1.807, 2.05) is 0 Å². The van der Waals surface area contributed by atoms with Crippen LogP contribution in [0.5, 0.6) is 0 Å². The lowest BCUT2D eigenvalue weighted by Gasteiger charge is -2.29. The van der Waals surface area contributed by atoms with Gasteiger partial charge in [0.15, 0.2) is 0 Å². The molecule has 1 aromatic heterocycles. The van der Waals surface area contributed by atoms with Gasteiger partial charge in [0.2, 0.25) is 5.91 Å². The van der Waals surface area contributed by atoms with Crippen LogP contribution in [-0.2, 0) is 16.1 Å². The van der Waals surface area contributed by atoms with E-state index >= 15 is 0 Å². The molecule has 0 unspecified atom stereocenters. The Hall–Kier alpha value is -2.77. The number of amides is 1. The fourth-order valence-corrected chi connectivity index (χ4v) is 3.51. The predicted molar refractivity (Wildman–Crippen MR) is 96.5 cm³/mol. The largest absolute Gasteiger partial charge is 0.550 e. The van der Waals surface area contributed by atoms with Crippen molar-refractivity contribution >= 4 is 22.8 Å². The van der Waals surface area contributed by atoms with Gasteiger partial charge in [0, 0.05) is 25.5 Å². The maximum Gasteiger partial charge on any atom is 0.277 e. The molecule has 8 nitrogen and oxygen atoms in total. The second kappa shape index (κ2) is 8.75. The fraction of sp³-hybridized carbons (Fsp3) is 0.526. The number of hydrogen-bond acceptors (Lipinski definition) is 6. The number of benzene rings is 1. The molecule has 1 aliphatic carbocycles. The first-order valence-electron chi connectivity index (χ1n) is 9.34. The van der Waals surface area contributed by atoms with Crippen LogP contribution in [0, 0.1) is 11.8 Å². The zero-order chi connectivity index (χ0) is 19.2. The predicted octanol–water partition coefficient (Wildman–Crippen LogP) is 0.244. The summed E-state index contributed by atoms with van der Waals surface area (Å²) in [4.78, 5) is 35.2. The van der Waals surface area contributed by atoms with Crippen LogP contribution in [0.2, 0.25) is 0 Å². The normalized spacial score (nSPS) is 19.7. The molecule has 1 saturated carbocycles. The van der Waals surface area contributed by atoms with Gasteiger partial charge in [0.1, 0.15) is 5.52 Å². The standard InChI is InChI=1S/C19H24N4O4/c24-17(20-12-13-7-9-14(10-8-13)19(26)27)6-3-11-23-18(25)15-4-1-2-5-16(15)21-22-23/h1-2,4-5,13-14H,3,6-12H2,(H,20,24)(H,26,27)/p-1. The minimum Gasteiger partial charge on any atom is -0.550 e. The Morgan fingerprint density at radius 1 is 1.19 bits per heavy atom. The van der Waals surface area contributed by atoms with Crippen molar-refractivity contribution in [3.05, 3.63) is 34.6 Å². The topological polar surface area (TPSA) is 117 Å². The van der Waals surface area contributed by atoms with Crippen LogP contribution in [0.25, 0.3) is 10.9 Å². The highest BCUT2D eigenvalue weighted by atomic mass is 16.4. The van der Waals surface area contributed by atoms with Gasteiger partial charge in [0.05, 0.1) is 5.39 Å². The number of carbonyl (C=O) groups excluding carboxylic acids is 2. The smallest absolute Gasteiger partial charge is 0.277 e. The molecule has 1 N–H and O–H groups in total. The summed E-state index contributed by atoms with van der Waals surface area (Å²) in [6, 6.07) is 7.03. The zero-order valence-electron chi connectivity index (χ0n) is 15.1. The summed E-state index contributed by atoms with van der Waals surface area (Å²) in [5, 5.41) is 22.2. The summed E-state index contributed by atoms with van der Waals surface area (Å²) in [7, 11) is 0. The van der Waals surface area contributed by atoms with Crippen LogP contribution in [-0.4, -0.2) is 33.4 Å². The average Bonchev–Trinajstić information content (AvgIpc) is 2.68. The molecule has 1 aliphatic rings. The molecule has 1 amide bonds. The highest BCUT2D eigenvalue weighted by Gasteiger charge is 2.22. The van der Waals surface area contributed by atoms with Crippen LogP contribution in [0.1, 0.15) is 38.5 Å². The Morgan fingerprint density at radius 2 is 1.93 bits per heavy atom. The fourth-order valence-electron chi connectivity index (χ4n) is 3.51. The summed E-state index contributed by atoms with van der Waals surface area (Å²) in [6.07, 6.45) is 3.62. The van der Waals surface area contributed by atoms with Gasteiger partial charge in [0.25, 0.3) is 5.56 Å². The summed E-state index contributed by atoms with van der Waals surface area (Å²) in [5.74, 6) is -1.07. The molecule has 0 aliphatic heterocycles. The molecule has 27 heavy (non-hydrogen) atoms. The molecule has 144 valence electrons. The minimum atomic E-state index is -0.968. The number of carbonyl (C=O) groups is 2. The van der Waals surface area contributed by atoms with Crippen LogP contribution in [0.4, 0.5) is 0 Å². The molecule has 1 fully saturated rings. The van der Waals surface area contributed by atoms with Gasteiger partial charge in [-0.05, 0) is 56.1 Å². The van der Waals surface area contributed by atoms with E-state index in [1.54, 1.807) is 24.3 Å². The van der Waals surface area contributed by atoms with Crippen molar-refractivity contribution in [3.63, 3.8) is 0 Å². The van der Waals surface area contributed by atoms with Gasteiger partial charge in [-0.2, -0.15) is 0 Å². The number of rotatable bonds is 7. The average molecular weight is 371 g/mol. The Labute approximate surface area is 156 Å². The maximum absolute atomic E-state index is 12.3. The van der Waals surface area contributed by atoms with Crippen molar-refractivity contribution in [1.29, 1.82) is 0 Å². The van der Waals surface area contributed by atoms with Crippen LogP contribution < -0.4 is 16.0 Å². The van der Waals surface area contributed by atoms with E-state index in [-0.39, 0.29) is 17.4 Å². The molecule has 0 atom stereocenters. The lowest BCUT2D eigenvalue weighted by Crippen LogP contribution is -2.36. The highest BCUT2D eigenvalue weighted by Crippen LogP contribution is 2.27. The van der Waals surface area contributed by atoms with Gasteiger partial charge in [-0.25, -0.2) is 4.68 Å². The number of carboxylic acids is 1.